The van der Waals surface area contributed by atoms with Crippen LogP contribution in [0.5, 0.6) is 5.75 Å². The fourth-order valence-corrected chi connectivity index (χ4v) is 1.94. The van der Waals surface area contributed by atoms with E-state index in [1.807, 2.05) is 0 Å². The Morgan fingerprint density at radius 1 is 1.56 bits per heavy atom. The molecule has 0 bridgehead atoms. The van der Waals surface area contributed by atoms with Crippen LogP contribution in [0.15, 0.2) is 16.6 Å². The van der Waals surface area contributed by atoms with E-state index in [0.29, 0.717) is 15.1 Å². The zero-order chi connectivity index (χ0) is 11.9. The average Bonchev–Trinajstić information content (AvgIpc) is 2.20. The van der Waals surface area contributed by atoms with E-state index in [2.05, 4.69) is 15.9 Å². The Hall–Kier alpha value is -1.07. The Morgan fingerprint density at radius 2 is 2.25 bits per heavy atom. The zero-order valence-corrected chi connectivity index (χ0v) is 10.2. The van der Waals surface area contributed by atoms with Crippen molar-refractivity contribution in [2.75, 3.05) is 0 Å². The van der Waals surface area contributed by atoms with E-state index in [0.717, 1.165) is 0 Å². The van der Waals surface area contributed by atoms with Gasteiger partial charge in [-0.3, -0.25) is 4.79 Å². The Balaban J connectivity index is 2.46. The van der Waals surface area contributed by atoms with Gasteiger partial charge in [0, 0.05) is 4.47 Å². The molecule has 1 aliphatic heterocycles. The Labute approximate surface area is 104 Å². The number of hydrogen-bond acceptors (Lipinski definition) is 3. The number of ether oxygens (including phenoxy) is 1. The van der Waals surface area contributed by atoms with Crippen LogP contribution >= 0.6 is 27.5 Å². The molecule has 0 saturated carbocycles. The fourth-order valence-electron chi connectivity index (χ4n) is 1.45. The second-order valence-electron chi connectivity index (χ2n) is 3.33. The molecule has 16 heavy (non-hydrogen) atoms. The maximum absolute atomic E-state index is 11.6. The van der Waals surface area contributed by atoms with Crippen LogP contribution in [0.4, 0.5) is 0 Å². The number of benzene rings is 1. The van der Waals surface area contributed by atoms with Crippen LogP contribution in [0, 0.1) is 0 Å². The first kappa shape index (κ1) is 11.4. The number of Topliss-reactive ketones (excluding diaryl/α,β-unsaturated/α-hetero) is 1. The molecule has 0 spiro atoms. The molecule has 84 valence electrons. The van der Waals surface area contributed by atoms with E-state index in [1.165, 1.54) is 12.1 Å². The van der Waals surface area contributed by atoms with Crippen molar-refractivity contribution >= 4 is 39.3 Å². The largest absolute Gasteiger partial charge is 0.478 e. The van der Waals surface area contributed by atoms with Crippen molar-refractivity contribution in [2.45, 2.75) is 12.5 Å². The molecule has 0 fully saturated rings. The molecule has 0 amide bonds. The molecule has 0 saturated heterocycles. The Kier molecular flexibility index (Phi) is 2.90. The lowest BCUT2D eigenvalue weighted by Gasteiger charge is -2.22. The number of halogens is 2. The third-order valence-electron chi connectivity index (χ3n) is 2.24. The van der Waals surface area contributed by atoms with Gasteiger partial charge in [0.15, 0.2) is 5.78 Å². The predicted octanol–water partition coefficient (Wildman–Crippen LogP) is 2.52. The molecule has 1 atom stereocenters. The highest BCUT2D eigenvalue weighted by molar-refractivity contribution is 9.10. The molecule has 1 aromatic carbocycles. The monoisotopic (exact) mass is 304 g/mol. The molecule has 6 heteroatoms. The van der Waals surface area contributed by atoms with Gasteiger partial charge in [0.2, 0.25) is 6.10 Å². The summed E-state index contributed by atoms with van der Waals surface area (Å²) in [5.74, 6) is -1.17. The zero-order valence-electron chi connectivity index (χ0n) is 7.87. The van der Waals surface area contributed by atoms with Crippen LogP contribution in [0.1, 0.15) is 16.8 Å². The predicted molar refractivity (Wildman–Crippen MR) is 60.2 cm³/mol. The minimum Gasteiger partial charge on any atom is -0.478 e. The second kappa shape index (κ2) is 4.07. The van der Waals surface area contributed by atoms with Gasteiger partial charge in [-0.25, -0.2) is 4.79 Å². The van der Waals surface area contributed by atoms with E-state index in [4.69, 9.17) is 21.4 Å². The summed E-state index contributed by atoms with van der Waals surface area (Å²) in [5.41, 5.74) is 0.325. The normalized spacial score (nSPS) is 18.9. The smallest absolute Gasteiger partial charge is 0.345 e. The SMILES string of the molecule is O=C1C[C@H](C(=O)O)Oc2cc(Br)c(Cl)cc21. The average molecular weight is 306 g/mol. The van der Waals surface area contributed by atoms with Gasteiger partial charge in [0.25, 0.3) is 0 Å². The molecule has 1 aromatic rings. The lowest BCUT2D eigenvalue weighted by atomic mass is 10.0. The standard InChI is InChI=1S/C10H6BrClO4/c11-5-2-8-4(1-6(5)12)7(13)3-9(16-8)10(14)15/h1-2,9H,3H2,(H,14,15)/t9-/m1/s1. The molecule has 0 radical (unpaired) electrons. The maximum atomic E-state index is 11.6. The van der Waals surface area contributed by atoms with E-state index in [9.17, 15) is 9.59 Å². The van der Waals surface area contributed by atoms with Gasteiger partial charge >= 0.3 is 5.97 Å². The van der Waals surface area contributed by atoms with Crippen molar-refractivity contribution in [3.05, 3.63) is 27.2 Å². The summed E-state index contributed by atoms with van der Waals surface area (Å²) >= 11 is 9.02. The van der Waals surface area contributed by atoms with Crippen molar-refractivity contribution in [1.29, 1.82) is 0 Å². The minimum absolute atomic E-state index is 0.166. The number of rotatable bonds is 1. The van der Waals surface area contributed by atoms with Crippen molar-refractivity contribution in [3.8, 4) is 5.75 Å². The summed E-state index contributed by atoms with van der Waals surface area (Å²) in [6.45, 7) is 0. The van der Waals surface area contributed by atoms with Gasteiger partial charge in [-0.15, -0.1) is 0 Å². The number of carbonyl (C=O) groups excluding carboxylic acids is 1. The van der Waals surface area contributed by atoms with E-state index < -0.39 is 12.1 Å². The number of aliphatic carboxylic acids is 1. The number of ketones is 1. The molecular weight excluding hydrogens is 299 g/mol. The summed E-state index contributed by atoms with van der Waals surface area (Å²) in [5, 5.41) is 9.18. The number of carboxylic acids is 1. The van der Waals surface area contributed by atoms with E-state index in [-0.39, 0.29) is 18.0 Å². The Morgan fingerprint density at radius 3 is 2.88 bits per heavy atom. The lowest BCUT2D eigenvalue weighted by Crippen LogP contribution is -2.33. The minimum atomic E-state index is -1.15. The first-order valence-electron chi connectivity index (χ1n) is 4.40. The number of carboxylic acid groups (broad SMARTS) is 1. The van der Waals surface area contributed by atoms with Crippen molar-refractivity contribution in [3.63, 3.8) is 0 Å². The molecule has 4 nitrogen and oxygen atoms in total. The van der Waals surface area contributed by atoms with Crippen LogP contribution in [0.25, 0.3) is 0 Å². The molecule has 2 rings (SSSR count). The van der Waals surface area contributed by atoms with E-state index in [1.54, 1.807) is 0 Å². The van der Waals surface area contributed by atoms with Gasteiger partial charge in [-0.05, 0) is 28.1 Å². The van der Waals surface area contributed by atoms with Crippen LogP contribution < -0.4 is 4.74 Å². The summed E-state index contributed by atoms with van der Waals surface area (Å²) < 4.78 is 5.75. The molecule has 1 aliphatic rings. The van der Waals surface area contributed by atoms with Crippen molar-refractivity contribution in [1.82, 2.24) is 0 Å². The number of fused-ring (bicyclic) bond motifs is 1. The highest BCUT2D eigenvalue weighted by Crippen LogP contribution is 2.35. The molecule has 1 N–H and O–H groups in total. The second-order valence-corrected chi connectivity index (χ2v) is 4.60. The van der Waals surface area contributed by atoms with E-state index >= 15 is 0 Å². The topological polar surface area (TPSA) is 63.6 Å². The lowest BCUT2D eigenvalue weighted by molar-refractivity contribution is -0.145. The highest BCUT2D eigenvalue weighted by atomic mass is 79.9. The number of carbonyl (C=O) groups is 2. The summed E-state index contributed by atoms with van der Waals surface area (Å²) in [7, 11) is 0. The third kappa shape index (κ3) is 1.92. The quantitative estimate of drug-likeness (QED) is 0.866. The first-order chi connectivity index (χ1) is 7.49. The van der Waals surface area contributed by atoms with Gasteiger partial charge < -0.3 is 9.84 Å². The molecule has 0 unspecified atom stereocenters. The van der Waals surface area contributed by atoms with Crippen LogP contribution in [0.2, 0.25) is 5.02 Å². The van der Waals surface area contributed by atoms with Crippen molar-refractivity contribution < 1.29 is 19.4 Å². The highest BCUT2D eigenvalue weighted by Gasteiger charge is 2.31. The Bertz CT molecular complexity index is 486. The molecule has 0 aliphatic carbocycles. The summed E-state index contributed by atoms with van der Waals surface area (Å²) in [4.78, 5) is 22.4. The first-order valence-corrected chi connectivity index (χ1v) is 5.58. The van der Waals surface area contributed by atoms with Gasteiger partial charge in [0.05, 0.1) is 17.0 Å². The van der Waals surface area contributed by atoms with Gasteiger partial charge in [-0.1, -0.05) is 11.6 Å². The molecule has 0 aromatic heterocycles. The van der Waals surface area contributed by atoms with Crippen LogP contribution in [-0.4, -0.2) is 23.0 Å². The van der Waals surface area contributed by atoms with Crippen LogP contribution in [0.3, 0.4) is 0 Å². The maximum Gasteiger partial charge on any atom is 0.345 e. The molecular formula is C10H6BrClO4. The number of hydrogen-bond donors (Lipinski definition) is 1. The van der Waals surface area contributed by atoms with Crippen LogP contribution in [-0.2, 0) is 4.79 Å². The van der Waals surface area contributed by atoms with Crippen molar-refractivity contribution in [2.24, 2.45) is 0 Å². The third-order valence-corrected chi connectivity index (χ3v) is 3.44. The summed E-state index contributed by atoms with van der Waals surface area (Å²) in [6.07, 6.45) is -1.28. The fraction of sp³-hybridized carbons (Fsp3) is 0.200. The summed E-state index contributed by atoms with van der Waals surface area (Å²) in [6, 6.07) is 2.98. The van der Waals surface area contributed by atoms with Gasteiger partial charge in [-0.2, -0.15) is 0 Å². The van der Waals surface area contributed by atoms with Gasteiger partial charge in [0.1, 0.15) is 5.75 Å². The molecule has 1 heterocycles.